The number of nitrogens with one attached hydrogen (secondary N) is 1. The van der Waals surface area contributed by atoms with Crippen LogP contribution < -0.4 is 5.32 Å². The van der Waals surface area contributed by atoms with Gasteiger partial charge in [-0.2, -0.15) is 0 Å². The molecule has 1 amide bonds. The number of halogens is 3. The van der Waals surface area contributed by atoms with E-state index < -0.39 is 5.82 Å². The van der Waals surface area contributed by atoms with Crippen molar-refractivity contribution in [3.63, 3.8) is 0 Å². The molecule has 0 saturated heterocycles. The molecular formula is C24H20Cl2FN3O. The highest BCUT2D eigenvalue weighted by atomic mass is 35.5. The Kier molecular flexibility index (Phi) is 6.25. The lowest BCUT2D eigenvalue weighted by atomic mass is 10.1. The Morgan fingerprint density at radius 3 is 2.61 bits per heavy atom. The molecule has 1 heterocycles. The summed E-state index contributed by atoms with van der Waals surface area (Å²) >= 11 is 12.3. The van der Waals surface area contributed by atoms with Crippen molar-refractivity contribution >= 4 is 40.1 Å². The summed E-state index contributed by atoms with van der Waals surface area (Å²) in [5.74, 6) is -0.0772. The first-order chi connectivity index (χ1) is 15.0. The van der Waals surface area contributed by atoms with Crippen molar-refractivity contribution in [3.8, 4) is 0 Å². The summed E-state index contributed by atoms with van der Waals surface area (Å²) in [4.78, 5) is 17.6. The minimum absolute atomic E-state index is 0.269. The Balaban J connectivity index is 1.72. The van der Waals surface area contributed by atoms with Crippen molar-refractivity contribution in [2.45, 2.75) is 25.9 Å². The van der Waals surface area contributed by atoms with Crippen LogP contribution >= 0.6 is 23.2 Å². The number of carbonyl (C=O) groups is 1. The quantitative estimate of drug-likeness (QED) is 0.364. The normalized spacial score (nSPS) is 12.1. The Morgan fingerprint density at radius 1 is 1.06 bits per heavy atom. The summed E-state index contributed by atoms with van der Waals surface area (Å²) in [5, 5.41) is 3.98. The molecule has 4 rings (SSSR count). The summed E-state index contributed by atoms with van der Waals surface area (Å²) < 4.78 is 15.6. The van der Waals surface area contributed by atoms with Crippen LogP contribution in [0.2, 0.25) is 10.0 Å². The van der Waals surface area contributed by atoms with Crippen LogP contribution in [-0.2, 0) is 6.54 Å². The van der Waals surface area contributed by atoms with Gasteiger partial charge in [-0.1, -0.05) is 54.4 Å². The van der Waals surface area contributed by atoms with Gasteiger partial charge in [0, 0.05) is 12.1 Å². The molecule has 4 aromatic rings. The average molecular weight is 456 g/mol. The van der Waals surface area contributed by atoms with Gasteiger partial charge in [0.1, 0.15) is 11.6 Å². The zero-order valence-electron chi connectivity index (χ0n) is 16.8. The van der Waals surface area contributed by atoms with E-state index in [0.717, 1.165) is 22.4 Å². The van der Waals surface area contributed by atoms with Gasteiger partial charge in [-0.15, -0.1) is 0 Å². The van der Waals surface area contributed by atoms with E-state index in [-0.39, 0.29) is 17.5 Å². The third-order valence-electron chi connectivity index (χ3n) is 5.12. The second kappa shape index (κ2) is 9.08. The summed E-state index contributed by atoms with van der Waals surface area (Å²) in [7, 11) is 0. The molecule has 0 aliphatic heterocycles. The number of rotatable bonds is 6. The average Bonchev–Trinajstić information content (AvgIpc) is 3.12. The fraction of sp³-hybridized carbons (Fsp3) is 0.167. The molecule has 0 saturated carbocycles. The fourth-order valence-corrected chi connectivity index (χ4v) is 3.89. The van der Waals surface area contributed by atoms with Crippen LogP contribution in [0.1, 0.15) is 41.1 Å². The van der Waals surface area contributed by atoms with Crippen LogP contribution in [0, 0.1) is 5.82 Å². The smallest absolute Gasteiger partial charge is 0.251 e. The van der Waals surface area contributed by atoms with Crippen molar-refractivity contribution < 1.29 is 9.18 Å². The molecule has 0 aliphatic carbocycles. The van der Waals surface area contributed by atoms with Gasteiger partial charge in [-0.05, 0) is 54.4 Å². The minimum Gasteiger partial charge on any atom is -0.342 e. The number of fused-ring (bicyclic) bond motifs is 1. The minimum atomic E-state index is -0.451. The lowest BCUT2D eigenvalue weighted by Gasteiger charge is -2.19. The number of imidazole rings is 1. The molecule has 3 aromatic carbocycles. The highest BCUT2D eigenvalue weighted by molar-refractivity contribution is 6.42. The summed E-state index contributed by atoms with van der Waals surface area (Å²) in [5.41, 5.74) is 3.01. The van der Waals surface area contributed by atoms with Crippen LogP contribution in [0.4, 0.5) is 4.39 Å². The Morgan fingerprint density at radius 2 is 1.87 bits per heavy atom. The highest BCUT2D eigenvalue weighted by Crippen LogP contribution is 2.27. The van der Waals surface area contributed by atoms with Crippen molar-refractivity contribution in [2.24, 2.45) is 0 Å². The summed E-state index contributed by atoms with van der Waals surface area (Å²) in [6.07, 6.45) is 0.617. The number of hydrogen-bond acceptors (Lipinski definition) is 2. The molecule has 0 aliphatic rings. The van der Waals surface area contributed by atoms with Gasteiger partial charge < -0.3 is 9.88 Å². The first-order valence-electron chi connectivity index (χ1n) is 9.91. The molecule has 0 bridgehead atoms. The Bertz CT molecular complexity index is 1250. The first kappa shape index (κ1) is 21.3. The number of para-hydroxylation sites is 2. The monoisotopic (exact) mass is 455 g/mol. The van der Waals surface area contributed by atoms with Gasteiger partial charge >= 0.3 is 0 Å². The summed E-state index contributed by atoms with van der Waals surface area (Å²) in [6, 6.07) is 18.6. The number of aromatic nitrogens is 2. The third kappa shape index (κ3) is 4.58. The SMILES string of the molecule is CCC(NC(=O)c1cccc(F)c1)c1nc2ccccc2n1Cc1ccc(Cl)c(Cl)c1. The maximum Gasteiger partial charge on any atom is 0.251 e. The third-order valence-corrected chi connectivity index (χ3v) is 5.86. The fourth-order valence-electron chi connectivity index (χ4n) is 3.57. The van der Waals surface area contributed by atoms with Crippen molar-refractivity contribution in [3.05, 3.63) is 99.5 Å². The predicted molar refractivity (Wildman–Crippen MR) is 122 cm³/mol. The zero-order valence-corrected chi connectivity index (χ0v) is 18.3. The van der Waals surface area contributed by atoms with Gasteiger partial charge in [-0.25, -0.2) is 9.37 Å². The largest absolute Gasteiger partial charge is 0.342 e. The lowest BCUT2D eigenvalue weighted by molar-refractivity contribution is 0.0932. The molecule has 1 aromatic heterocycles. The Hall–Kier alpha value is -2.89. The highest BCUT2D eigenvalue weighted by Gasteiger charge is 2.22. The van der Waals surface area contributed by atoms with E-state index in [9.17, 15) is 9.18 Å². The maximum atomic E-state index is 13.6. The number of benzene rings is 3. The second-order valence-electron chi connectivity index (χ2n) is 7.24. The standard InChI is InChI=1S/C24H20Cl2FN3O/c1-2-20(29-24(31)16-6-5-7-17(27)13-16)23-28-21-8-3-4-9-22(21)30(23)14-15-10-11-18(25)19(26)12-15/h3-13,20H,2,14H2,1H3,(H,29,31). The molecule has 7 heteroatoms. The van der Waals surface area contributed by atoms with Gasteiger partial charge in [0.2, 0.25) is 0 Å². The molecule has 1 unspecified atom stereocenters. The molecule has 0 spiro atoms. The first-order valence-corrected chi connectivity index (χ1v) is 10.7. The maximum absolute atomic E-state index is 13.6. The van der Waals surface area contributed by atoms with Gasteiger partial charge in [0.15, 0.2) is 0 Å². The van der Waals surface area contributed by atoms with E-state index in [0.29, 0.717) is 23.0 Å². The number of hydrogen-bond donors (Lipinski definition) is 1. The van der Waals surface area contributed by atoms with Crippen LogP contribution in [0.15, 0.2) is 66.7 Å². The number of carbonyl (C=O) groups excluding carboxylic acids is 1. The molecule has 0 radical (unpaired) electrons. The van der Waals surface area contributed by atoms with E-state index in [2.05, 4.69) is 9.88 Å². The molecule has 158 valence electrons. The lowest BCUT2D eigenvalue weighted by Crippen LogP contribution is -2.30. The number of amides is 1. The molecule has 0 fully saturated rings. The van der Waals surface area contributed by atoms with Crippen LogP contribution in [0.5, 0.6) is 0 Å². The van der Waals surface area contributed by atoms with E-state index >= 15 is 0 Å². The number of nitrogens with zero attached hydrogens (tertiary/aromatic N) is 2. The zero-order chi connectivity index (χ0) is 22.0. The van der Waals surface area contributed by atoms with Crippen molar-refractivity contribution in [2.75, 3.05) is 0 Å². The molecule has 1 N–H and O–H groups in total. The van der Waals surface area contributed by atoms with Gasteiger partial charge in [-0.3, -0.25) is 4.79 Å². The van der Waals surface area contributed by atoms with Crippen LogP contribution in [-0.4, -0.2) is 15.5 Å². The topological polar surface area (TPSA) is 46.9 Å². The predicted octanol–water partition coefficient (Wildman–Crippen LogP) is 6.41. The van der Waals surface area contributed by atoms with Crippen LogP contribution in [0.3, 0.4) is 0 Å². The molecular weight excluding hydrogens is 436 g/mol. The van der Waals surface area contributed by atoms with Gasteiger partial charge in [0.25, 0.3) is 5.91 Å². The van der Waals surface area contributed by atoms with E-state index in [1.54, 1.807) is 12.1 Å². The Labute approximate surface area is 189 Å². The van der Waals surface area contributed by atoms with Crippen LogP contribution in [0.25, 0.3) is 11.0 Å². The second-order valence-corrected chi connectivity index (χ2v) is 8.05. The van der Waals surface area contributed by atoms with Crippen molar-refractivity contribution in [1.29, 1.82) is 0 Å². The molecule has 4 nitrogen and oxygen atoms in total. The molecule has 1 atom stereocenters. The van der Waals surface area contributed by atoms with E-state index in [4.69, 9.17) is 28.2 Å². The summed E-state index contributed by atoms with van der Waals surface area (Å²) in [6.45, 7) is 2.48. The van der Waals surface area contributed by atoms with E-state index in [1.807, 2.05) is 43.3 Å². The van der Waals surface area contributed by atoms with Gasteiger partial charge in [0.05, 0.1) is 27.1 Å². The molecule has 31 heavy (non-hydrogen) atoms. The van der Waals surface area contributed by atoms with E-state index in [1.165, 1.54) is 18.2 Å². The van der Waals surface area contributed by atoms with Crippen molar-refractivity contribution in [1.82, 2.24) is 14.9 Å².